The van der Waals surface area contributed by atoms with Crippen LogP contribution in [-0.4, -0.2) is 26.2 Å². The maximum absolute atomic E-state index is 12.5. The zero-order valence-corrected chi connectivity index (χ0v) is 16.5. The first-order chi connectivity index (χ1) is 12.3. The number of ether oxygens (including phenoxy) is 2. The lowest BCUT2D eigenvalue weighted by molar-refractivity contribution is -0.116. The first-order valence-electron chi connectivity index (χ1n) is 8.44. The number of nitrogens with one attached hydrogen (secondary N) is 2. The van der Waals surface area contributed by atoms with Gasteiger partial charge in [-0.2, -0.15) is 0 Å². The summed E-state index contributed by atoms with van der Waals surface area (Å²) in [5.41, 5.74) is 2.61. The molecule has 0 fully saturated rings. The molecule has 0 unspecified atom stereocenters. The zero-order chi connectivity index (χ0) is 19.3. The van der Waals surface area contributed by atoms with Gasteiger partial charge in [0.15, 0.2) is 0 Å². The Labute approximate surface area is 159 Å². The molecule has 140 valence electrons. The van der Waals surface area contributed by atoms with E-state index in [1.54, 1.807) is 26.2 Å². The number of amides is 1. The van der Waals surface area contributed by atoms with Gasteiger partial charge in [-0.15, -0.1) is 0 Å². The molecule has 2 N–H and O–H groups in total. The molecule has 1 atom stereocenters. The molecule has 0 saturated carbocycles. The summed E-state index contributed by atoms with van der Waals surface area (Å²) in [6, 6.07) is 10.7. The van der Waals surface area contributed by atoms with Crippen molar-refractivity contribution in [3.05, 3.63) is 47.0 Å². The Balaban J connectivity index is 2.08. The van der Waals surface area contributed by atoms with Crippen LogP contribution in [0.25, 0.3) is 0 Å². The topological polar surface area (TPSA) is 59.6 Å². The summed E-state index contributed by atoms with van der Waals surface area (Å²) in [7, 11) is 3.09. The number of anilines is 2. The highest BCUT2D eigenvalue weighted by Gasteiger charge is 2.17. The summed E-state index contributed by atoms with van der Waals surface area (Å²) >= 11 is 6.17. The van der Waals surface area contributed by atoms with Gasteiger partial charge in [-0.3, -0.25) is 4.79 Å². The Hall–Kier alpha value is -2.40. The Morgan fingerprint density at radius 1 is 1.00 bits per heavy atom. The van der Waals surface area contributed by atoms with Crippen molar-refractivity contribution in [1.82, 2.24) is 0 Å². The maximum Gasteiger partial charge on any atom is 0.246 e. The highest BCUT2D eigenvalue weighted by atomic mass is 35.5. The second-order valence-corrected chi connectivity index (χ2v) is 6.73. The van der Waals surface area contributed by atoms with Crippen molar-refractivity contribution < 1.29 is 14.3 Å². The highest BCUT2D eigenvalue weighted by Crippen LogP contribution is 2.36. The number of carbonyl (C=O) groups excluding carboxylic acids is 1. The van der Waals surface area contributed by atoms with Crippen LogP contribution < -0.4 is 20.1 Å². The lowest BCUT2D eigenvalue weighted by Crippen LogP contribution is -2.32. The molecular formula is C20H25ClN2O3. The van der Waals surface area contributed by atoms with Gasteiger partial charge in [-0.1, -0.05) is 37.6 Å². The minimum atomic E-state index is -0.488. The highest BCUT2D eigenvalue weighted by molar-refractivity contribution is 6.32. The van der Waals surface area contributed by atoms with Gasteiger partial charge in [-0.25, -0.2) is 0 Å². The lowest BCUT2D eigenvalue weighted by Gasteiger charge is -2.19. The van der Waals surface area contributed by atoms with Crippen LogP contribution in [0.3, 0.4) is 0 Å². The quantitative estimate of drug-likeness (QED) is 0.720. The van der Waals surface area contributed by atoms with E-state index in [1.165, 1.54) is 12.7 Å². The third-order valence-electron chi connectivity index (χ3n) is 4.08. The zero-order valence-electron chi connectivity index (χ0n) is 15.7. The standard InChI is InChI=1S/C20H25ClN2O3/c1-12(2)14-6-8-15(9-7-14)23-20(24)13(3)22-17-10-16(21)18(25-4)11-19(17)26-5/h6-13,22H,1-5H3,(H,23,24)/t13-/m0/s1. The molecule has 0 aliphatic carbocycles. The molecule has 0 heterocycles. The van der Waals surface area contributed by atoms with E-state index >= 15 is 0 Å². The number of carbonyl (C=O) groups is 1. The van der Waals surface area contributed by atoms with Crippen LogP contribution in [0.2, 0.25) is 5.02 Å². The lowest BCUT2D eigenvalue weighted by atomic mass is 10.0. The molecule has 0 bridgehead atoms. The fraction of sp³-hybridized carbons (Fsp3) is 0.350. The van der Waals surface area contributed by atoms with Gasteiger partial charge in [0.25, 0.3) is 0 Å². The molecule has 0 radical (unpaired) electrons. The van der Waals surface area contributed by atoms with E-state index in [9.17, 15) is 4.79 Å². The predicted octanol–water partition coefficient (Wildman–Crippen LogP) is 4.92. The Morgan fingerprint density at radius 3 is 2.15 bits per heavy atom. The average Bonchev–Trinajstić information content (AvgIpc) is 2.62. The largest absolute Gasteiger partial charge is 0.495 e. The van der Waals surface area contributed by atoms with E-state index in [0.717, 1.165) is 5.69 Å². The third kappa shape index (κ3) is 4.82. The summed E-state index contributed by atoms with van der Waals surface area (Å²) < 4.78 is 10.5. The second kappa shape index (κ2) is 8.81. The van der Waals surface area contributed by atoms with Gasteiger partial charge in [0.1, 0.15) is 17.5 Å². The van der Waals surface area contributed by atoms with E-state index in [-0.39, 0.29) is 5.91 Å². The molecule has 1 amide bonds. The average molecular weight is 377 g/mol. The fourth-order valence-corrected chi connectivity index (χ4v) is 2.71. The molecule has 6 heteroatoms. The smallest absolute Gasteiger partial charge is 0.246 e. The minimum absolute atomic E-state index is 0.156. The van der Waals surface area contributed by atoms with E-state index in [1.807, 2.05) is 24.3 Å². The molecular weight excluding hydrogens is 352 g/mol. The molecule has 26 heavy (non-hydrogen) atoms. The van der Waals surface area contributed by atoms with Crippen molar-refractivity contribution in [3.8, 4) is 11.5 Å². The van der Waals surface area contributed by atoms with Crippen molar-refractivity contribution in [3.63, 3.8) is 0 Å². The number of rotatable bonds is 7. The van der Waals surface area contributed by atoms with Crippen LogP contribution in [0.5, 0.6) is 11.5 Å². The molecule has 2 aromatic carbocycles. The van der Waals surface area contributed by atoms with Crippen LogP contribution in [0.4, 0.5) is 11.4 Å². The van der Waals surface area contributed by atoms with E-state index < -0.39 is 6.04 Å². The van der Waals surface area contributed by atoms with E-state index in [0.29, 0.717) is 28.1 Å². The Bertz CT molecular complexity index is 760. The van der Waals surface area contributed by atoms with Crippen molar-refractivity contribution in [2.45, 2.75) is 32.7 Å². The number of hydrogen-bond acceptors (Lipinski definition) is 4. The normalized spacial score (nSPS) is 11.8. The van der Waals surface area contributed by atoms with Crippen molar-refractivity contribution >= 4 is 28.9 Å². The maximum atomic E-state index is 12.5. The van der Waals surface area contributed by atoms with Crippen molar-refractivity contribution in [2.75, 3.05) is 24.9 Å². The van der Waals surface area contributed by atoms with Crippen LogP contribution in [0, 0.1) is 0 Å². The first kappa shape index (κ1) is 19.9. The Kier molecular flexibility index (Phi) is 6.75. The fourth-order valence-electron chi connectivity index (χ4n) is 2.47. The SMILES string of the molecule is COc1cc(OC)c(N[C@@H](C)C(=O)Nc2ccc(C(C)C)cc2)cc1Cl. The minimum Gasteiger partial charge on any atom is -0.495 e. The first-order valence-corrected chi connectivity index (χ1v) is 8.82. The molecule has 5 nitrogen and oxygen atoms in total. The summed E-state index contributed by atoms with van der Waals surface area (Å²) in [5.74, 6) is 1.35. The molecule has 0 aliphatic heterocycles. The van der Waals surface area contributed by atoms with Gasteiger partial charge in [-0.05, 0) is 36.6 Å². The van der Waals surface area contributed by atoms with Crippen LogP contribution in [0.1, 0.15) is 32.3 Å². The number of methoxy groups -OCH3 is 2. The molecule has 0 aliphatic rings. The van der Waals surface area contributed by atoms with Gasteiger partial charge in [0.05, 0.1) is 24.9 Å². The van der Waals surface area contributed by atoms with Gasteiger partial charge >= 0.3 is 0 Å². The number of halogens is 1. The van der Waals surface area contributed by atoms with Gasteiger partial charge in [0, 0.05) is 11.8 Å². The number of benzene rings is 2. The monoisotopic (exact) mass is 376 g/mol. The Morgan fingerprint density at radius 2 is 1.62 bits per heavy atom. The van der Waals surface area contributed by atoms with E-state index in [2.05, 4.69) is 24.5 Å². The summed E-state index contributed by atoms with van der Waals surface area (Å²) in [6.45, 7) is 6.04. The van der Waals surface area contributed by atoms with Crippen molar-refractivity contribution in [2.24, 2.45) is 0 Å². The molecule has 0 spiro atoms. The molecule has 2 aromatic rings. The molecule has 0 aromatic heterocycles. The predicted molar refractivity (Wildman–Crippen MR) is 107 cm³/mol. The van der Waals surface area contributed by atoms with Crippen molar-refractivity contribution in [1.29, 1.82) is 0 Å². The molecule has 0 saturated heterocycles. The van der Waals surface area contributed by atoms with Crippen LogP contribution in [0.15, 0.2) is 36.4 Å². The van der Waals surface area contributed by atoms with Gasteiger partial charge < -0.3 is 20.1 Å². The van der Waals surface area contributed by atoms with E-state index in [4.69, 9.17) is 21.1 Å². The van der Waals surface area contributed by atoms with Crippen LogP contribution in [-0.2, 0) is 4.79 Å². The van der Waals surface area contributed by atoms with Gasteiger partial charge in [0.2, 0.25) is 5.91 Å². The molecule has 2 rings (SSSR count). The summed E-state index contributed by atoms with van der Waals surface area (Å²) in [5, 5.41) is 6.47. The van der Waals surface area contributed by atoms with Crippen LogP contribution >= 0.6 is 11.6 Å². The summed E-state index contributed by atoms with van der Waals surface area (Å²) in [6.07, 6.45) is 0. The third-order valence-corrected chi connectivity index (χ3v) is 4.38. The second-order valence-electron chi connectivity index (χ2n) is 6.32. The summed E-state index contributed by atoms with van der Waals surface area (Å²) in [4.78, 5) is 12.5. The number of hydrogen-bond donors (Lipinski definition) is 2.